The van der Waals surface area contributed by atoms with Gasteiger partial charge < -0.3 is 29.3 Å². The van der Waals surface area contributed by atoms with E-state index in [9.17, 15) is 28.1 Å². The molecule has 1 aliphatic carbocycles. The number of hydrogen-bond donors (Lipinski definition) is 2. The molecule has 2 aliphatic heterocycles. The number of nitro benzene ring substituents is 1. The third-order valence-electron chi connectivity index (χ3n) is 12.8. The number of carbonyl (C=O) groups is 2. The molecule has 8 rings (SSSR count). The molecule has 2 fully saturated rings. The number of fused-ring (bicyclic) bond motifs is 1. The van der Waals surface area contributed by atoms with Crippen molar-refractivity contribution in [1.29, 1.82) is 0 Å². The smallest absolute Gasteiger partial charge is 0.418 e. The lowest BCUT2D eigenvalue weighted by Crippen LogP contribution is -2.47. The van der Waals surface area contributed by atoms with E-state index in [1.54, 1.807) is 63.4 Å². The normalized spacial score (nSPS) is 17.4. The largest absolute Gasteiger partial charge is 0.462 e. The molecule has 3 aliphatic rings. The van der Waals surface area contributed by atoms with Crippen molar-refractivity contribution in [3.05, 3.63) is 123 Å². The van der Waals surface area contributed by atoms with Gasteiger partial charge in [0.2, 0.25) is 0 Å². The zero-order valence-corrected chi connectivity index (χ0v) is 41.5. The minimum atomic E-state index is -4.63. The molecule has 0 unspecified atom stereocenters. The molecule has 366 valence electrons. The molecule has 4 aromatic carbocycles. The number of halogens is 1. The van der Waals surface area contributed by atoms with Gasteiger partial charge in [-0.2, -0.15) is 0 Å². The van der Waals surface area contributed by atoms with Gasteiger partial charge in [-0.05, 0) is 144 Å². The van der Waals surface area contributed by atoms with Gasteiger partial charge in [0.15, 0.2) is 0 Å². The second kappa shape index (κ2) is 20.1. The van der Waals surface area contributed by atoms with Crippen molar-refractivity contribution in [1.82, 2.24) is 19.1 Å². The number of carbonyl (C=O) groups excluding carboxylic acids is 2. The Morgan fingerprint density at radius 1 is 0.899 bits per heavy atom. The van der Waals surface area contributed by atoms with Crippen molar-refractivity contribution in [2.45, 2.75) is 83.3 Å². The topological polar surface area (TPSA) is 178 Å². The van der Waals surface area contributed by atoms with Crippen LogP contribution in [0.5, 0.6) is 17.2 Å². The number of hydrogen-bond acceptors (Lipinski definition) is 13. The van der Waals surface area contributed by atoms with Crippen molar-refractivity contribution in [2.24, 2.45) is 5.41 Å². The Morgan fingerprint density at radius 2 is 1.62 bits per heavy atom. The SMILES string of the molecule is CN1CCC(Nc2ccc(S(=O)(=O)NC(=O)c3ccc(N4CCN(CC5=C(Oc6ccc(Cl)cc6)CC(C)(C)CC5)CC4)cc3Oc3cccc4c3ccn4C(=O)OC(C)(C)C)cc2[N+](=O)[O-])CC1. The molecule has 2 saturated heterocycles. The predicted molar refractivity (Wildman–Crippen MR) is 267 cm³/mol. The maximum atomic E-state index is 14.2. The second-order valence-corrected chi connectivity index (χ2v) is 22.0. The molecule has 0 radical (unpaired) electrons. The maximum absolute atomic E-state index is 14.2. The molecule has 2 N–H and O–H groups in total. The Bertz CT molecular complexity index is 2880. The van der Waals surface area contributed by atoms with Crippen LogP contribution in [0.3, 0.4) is 0 Å². The first kappa shape index (κ1) is 49.3. The van der Waals surface area contributed by atoms with E-state index in [1.807, 2.05) is 31.3 Å². The first-order valence-corrected chi connectivity index (χ1v) is 25.1. The summed E-state index contributed by atoms with van der Waals surface area (Å²) in [6.07, 6.45) is 5.36. The van der Waals surface area contributed by atoms with Crippen LogP contribution in [-0.4, -0.2) is 104 Å². The van der Waals surface area contributed by atoms with Gasteiger partial charge in [0.25, 0.3) is 21.6 Å². The number of likely N-dealkylation sites (tertiary alicyclic amines) is 1. The van der Waals surface area contributed by atoms with Gasteiger partial charge in [-0.3, -0.25) is 24.4 Å². The lowest BCUT2D eigenvalue weighted by molar-refractivity contribution is -0.384. The number of nitro groups is 1. The lowest BCUT2D eigenvalue weighted by atomic mass is 9.77. The number of nitrogens with one attached hydrogen (secondary N) is 2. The third kappa shape index (κ3) is 12.0. The van der Waals surface area contributed by atoms with Crippen LogP contribution in [0.25, 0.3) is 10.9 Å². The number of piperidine rings is 1. The highest BCUT2D eigenvalue weighted by molar-refractivity contribution is 7.90. The highest BCUT2D eigenvalue weighted by Crippen LogP contribution is 2.41. The number of sulfonamides is 1. The fourth-order valence-corrected chi connectivity index (χ4v) is 10.1. The van der Waals surface area contributed by atoms with E-state index in [-0.39, 0.29) is 28.5 Å². The molecule has 69 heavy (non-hydrogen) atoms. The monoisotopic (exact) mass is 981 g/mol. The summed E-state index contributed by atoms with van der Waals surface area (Å²) in [7, 11) is -2.62. The minimum absolute atomic E-state index is 0.0179. The zero-order valence-electron chi connectivity index (χ0n) is 39.9. The Morgan fingerprint density at radius 3 is 2.32 bits per heavy atom. The number of amides is 1. The first-order valence-electron chi connectivity index (χ1n) is 23.3. The van der Waals surface area contributed by atoms with Gasteiger partial charge >= 0.3 is 6.09 Å². The van der Waals surface area contributed by atoms with Crippen LogP contribution < -0.4 is 24.4 Å². The quantitative estimate of drug-likeness (QED) is 0.0842. The number of ether oxygens (including phenoxy) is 3. The fraction of sp³-hybridized carbons (Fsp3) is 0.412. The highest BCUT2D eigenvalue weighted by Gasteiger charge is 2.32. The summed E-state index contributed by atoms with van der Waals surface area (Å²) < 4.78 is 49.9. The van der Waals surface area contributed by atoms with Crippen LogP contribution in [0.4, 0.5) is 21.9 Å². The van der Waals surface area contributed by atoms with Gasteiger partial charge in [0.05, 0.1) is 20.9 Å². The zero-order chi connectivity index (χ0) is 49.3. The molecule has 0 saturated carbocycles. The average Bonchev–Trinajstić information content (AvgIpc) is 3.74. The molecule has 1 aromatic heterocycles. The second-order valence-electron chi connectivity index (χ2n) is 19.9. The number of rotatable bonds is 13. The van der Waals surface area contributed by atoms with Gasteiger partial charge in [-0.25, -0.2) is 17.9 Å². The standard InChI is InChI=1S/C51H60ClN7O9S/c1-50(2,3)68-49(61)58-25-21-40-43(58)8-7-9-45(40)67-46-30-37(57-28-26-56(27-29-57)33-34-18-22-51(4,5)32-47(34)66-38-13-10-35(52)11-14-38)12-16-41(46)48(60)54-69(64,65)39-15-17-42(44(31-39)59(62)63)53-36-19-23-55(6)24-20-36/h7-17,21,25,30-31,36,53H,18-20,22-24,26-29,32-33H2,1-6H3,(H,54,60). The van der Waals surface area contributed by atoms with Crippen molar-refractivity contribution in [2.75, 3.05) is 63.1 Å². The molecule has 3 heterocycles. The summed E-state index contributed by atoms with van der Waals surface area (Å²) in [5, 5.41) is 16.6. The summed E-state index contributed by atoms with van der Waals surface area (Å²) >= 11 is 6.15. The van der Waals surface area contributed by atoms with Crippen LogP contribution in [-0.2, 0) is 14.8 Å². The number of aromatic nitrogens is 1. The molecule has 0 spiro atoms. The average molecular weight is 983 g/mol. The summed E-state index contributed by atoms with van der Waals surface area (Å²) in [6.45, 7) is 15.1. The van der Waals surface area contributed by atoms with Crippen molar-refractivity contribution in [3.63, 3.8) is 0 Å². The number of anilines is 2. The fourth-order valence-electron chi connectivity index (χ4n) is 8.99. The third-order valence-corrected chi connectivity index (χ3v) is 14.4. The number of benzene rings is 4. The van der Waals surface area contributed by atoms with Gasteiger partial charge in [-0.15, -0.1) is 0 Å². The first-order chi connectivity index (χ1) is 32.7. The molecule has 18 heteroatoms. The van der Waals surface area contributed by atoms with E-state index in [0.29, 0.717) is 34.8 Å². The highest BCUT2D eigenvalue weighted by atomic mass is 35.5. The van der Waals surface area contributed by atoms with E-state index in [2.05, 4.69) is 38.6 Å². The molecule has 0 atom stereocenters. The number of piperazine rings is 1. The molecule has 5 aromatic rings. The molecular formula is C51H60ClN7O9S. The van der Waals surface area contributed by atoms with E-state index in [4.69, 9.17) is 25.8 Å². The minimum Gasteiger partial charge on any atom is -0.462 e. The van der Waals surface area contributed by atoms with Crippen LogP contribution in [0.15, 0.2) is 107 Å². The van der Waals surface area contributed by atoms with E-state index in [0.717, 1.165) is 88.1 Å². The van der Waals surface area contributed by atoms with Crippen molar-refractivity contribution in [3.8, 4) is 17.2 Å². The Kier molecular flexibility index (Phi) is 14.3. The Hall–Kier alpha value is -6.14. The number of nitrogens with zero attached hydrogens (tertiary/aromatic N) is 5. The van der Waals surface area contributed by atoms with Gasteiger partial charge in [-0.1, -0.05) is 31.5 Å². The summed E-state index contributed by atoms with van der Waals surface area (Å²) in [5.41, 5.74) is 1.57. The van der Waals surface area contributed by atoms with Crippen molar-refractivity contribution >= 4 is 61.6 Å². The van der Waals surface area contributed by atoms with E-state index < -0.39 is 43.1 Å². The predicted octanol–water partition coefficient (Wildman–Crippen LogP) is 10.1. The van der Waals surface area contributed by atoms with E-state index >= 15 is 0 Å². The van der Waals surface area contributed by atoms with Crippen LogP contribution in [0.2, 0.25) is 5.02 Å². The maximum Gasteiger partial charge on any atom is 0.418 e. The molecular weight excluding hydrogens is 922 g/mol. The van der Waals surface area contributed by atoms with Crippen LogP contribution in [0, 0.1) is 15.5 Å². The van der Waals surface area contributed by atoms with Gasteiger partial charge in [0, 0.05) is 79.6 Å². The summed E-state index contributed by atoms with van der Waals surface area (Å²) in [6, 6.07) is 22.8. The molecule has 1 amide bonds. The Labute approximate surface area is 408 Å². The lowest BCUT2D eigenvalue weighted by Gasteiger charge is -2.39. The van der Waals surface area contributed by atoms with Gasteiger partial charge in [0.1, 0.15) is 34.3 Å². The van der Waals surface area contributed by atoms with E-state index in [1.165, 1.54) is 28.3 Å². The summed E-state index contributed by atoms with van der Waals surface area (Å²) in [4.78, 5) is 45.3. The van der Waals surface area contributed by atoms with Crippen molar-refractivity contribution < 1.29 is 37.1 Å². The molecule has 0 bridgehead atoms. The van der Waals surface area contributed by atoms with Crippen LogP contribution in [0.1, 0.15) is 77.1 Å². The summed E-state index contributed by atoms with van der Waals surface area (Å²) in [5.74, 6) is 1.12. The molecule has 16 nitrogen and oxygen atoms in total. The Balaban J connectivity index is 1.05. The van der Waals surface area contributed by atoms with Crippen LogP contribution >= 0.6 is 11.6 Å². The number of allylic oxidation sites excluding steroid dienone is 1.